The number of carbonyl (C=O) groups excluding carboxylic acids is 1. The van der Waals surface area contributed by atoms with E-state index < -0.39 is 61.1 Å². The number of nitrogens with one attached hydrogen (secondary N) is 1. The SMILES string of the molecule is CCCC(=O)NC1C(O)CC(O)(C(=O)O)OC1C(O)C(O)CO. The lowest BCUT2D eigenvalue weighted by Crippen LogP contribution is -2.67. The van der Waals surface area contributed by atoms with Crippen LogP contribution in [0.4, 0.5) is 0 Å². The number of aliphatic hydroxyl groups is 5. The third-order valence-electron chi connectivity index (χ3n) is 3.64. The average Bonchev–Trinajstić information content (AvgIpc) is 2.48. The second kappa shape index (κ2) is 7.99. The van der Waals surface area contributed by atoms with Crippen LogP contribution in [0, 0.1) is 0 Å². The van der Waals surface area contributed by atoms with Gasteiger partial charge in [-0.15, -0.1) is 0 Å². The van der Waals surface area contributed by atoms with Crippen LogP contribution in [0.1, 0.15) is 26.2 Å². The number of amides is 1. The molecule has 0 aromatic heterocycles. The Morgan fingerprint density at radius 1 is 1.39 bits per heavy atom. The largest absolute Gasteiger partial charge is 0.477 e. The molecule has 0 saturated carbocycles. The van der Waals surface area contributed by atoms with Gasteiger partial charge in [0.05, 0.1) is 18.8 Å². The van der Waals surface area contributed by atoms with Crippen molar-refractivity contribution in [2.24, 2.45) is 0 Å². The van der Waals surface area contributed by atoms with Crippen LogP contribution >= 0.6 is 0 Å². The molecular weight excluding hydrogens is 314 g/mol. The minimum absolute atomic E-state index is 0.123. The van der Waals surface area contributed by atoms with Crippen LogP contribution in [0.2, 0.25) is 0 Å². The van der Waals surface area contributed by atoms with Crippen molar-refractivity contribution in [1.29, 1.82) is 0 Å². The summed E-state index contributed by atoms with van der Waals surface area (Å²) in [5.41, 5.74) is 0. The fraction of sp³-hybridized carbons (Fsp3) is 0.846. The zero-order valence-electron chi connectivity index (χ0n) is 12.6. The van der Waals surface area contributed by atoms with Gasteiger partial charge in [0, 0.05) is 12.8 Å². The Bertz CT molecular complexity index is 432. The third kappa shape index (κ3) is 4.59. The van der Waals surface area contributed by atoms with E-state index in [0.29, 0.717) is 6.42 Å². The van der Waals surface area contributed by atoms with Gasteiger partial charge in [-0.3, -0.25) is 4.79 Å². The van der Waals surface area contributed by atoms with Gasteiger partial charge in [0.2, 0.25) is 5.91 Å². The minimum atomic E-state index is -2.79. The molecule has 10 nitrogen and oxygen atoms in total. The second-order valence-electron chi connectivity index (χ2n) is 5.53. The van der Waals surface area contributed by atoms with E-state index in [9.17, 15) is 30.0 Å². The predicted molar refractivity (Wildman–Crippen MR) is 74.0 cm³/mol. The van der Waals surface area contributed by atoms with Crippen molar-refractivity contribution in [2.75, 3.05) is 6.61 Å². The van der Waals surface area contributed by atoms with Crippen molar-refractivity contribution in [1.82, 2.24) is 5.32 Å². The number of aliphatic carboxylic acids is 1. The fourth-order valence-electron chi connectivity index (χ4n) is 2.39. The Hall–Kier alpha value is -1.30. The number of aliphatic hydroxyl groups excluding tert-OH is 4. The lowest BCUT2D eigenvalue weighted by Gasteiger charge is -2.44. The van der Waals surface area contributed by atoms with Gasteiger partial charge in [0.1, 0.15) is 18.3 Å². The van der Waals surface area contributed by atoms with Crippen LogP contribution in [0.3, 0.4) is 0 Å². The molecule has 10 heteroatoms. The number of ether oxygens (including phenoxy) is 1. The molecule has 0 aromatic rings. The Morgan fingerprint density at radius 2 is 2.00 bits per heavy atom. The molecule has 1 aliphatic rings. The number of carboxylic acid groups (broad SMARTS) is 1. The van der Waals surface area contributed by atoms with Gasteiger partial charge >= 0.3 is 5.97 Å². The molecule has 0 aromatic carbocycles. The molecule has 0 aliphatic carbocycles. The van der Waals surface area contributed by atoms with E-state index in [0.717, 1.165) is 0 Å². The molecular formula is C13H23NO9. The standard InChI is InChI=1S/C13H23NO9/c1-2-3-8(18)14-9-6(16)4-13(22,12(20)21)23-11(9)10(19)7(17)5-15/h6-7,9-11,15-17,19,22H,2-5H2,1H3,(H,14,18)(H,20,21). The van der Waals surface area contributed by atoms with Crippen LogP contribution in [-0.2, 0) is 14.3 Å². The Labute approximate surface area is 132 Å². The maximum absolute atomic E-state index is 11.7. The van der Waals surface area contributed by atoms with Gasteiger partial charge in [0.25, 0.3) is 5.79 Å². The molecule has 6 atom stereocenters. The van der Waals surface area contributed by atoms with Crippen molar-refractivity contribution in [2.45, 2.75) is 62.4 Å². The first kappa shape index (κ1) is 19.7. The van der Waals surface area contributed by atoms with Gasteiger partial charge < -0.3 is 40.7 Å². The topological polar surface area (TPSA) is 177 Å². The highest BCUT2D eigenvalue weighted by atomic mass is 16.7. The second-order valence-corrected chi connectivity index (χ2v) is 5.53. The van der Waals surface area contributed by atoms with Crippen molar-refractivity contribution >= 4 is 11.9 Å². The van der Waals surface area contributed by atoms with Crippen molar-refractivity contribution < 1.29 is 45.0 Å². The van der Waals surface area contributed by atoms with Crippen LogP contribution in [0.25, 0.3) is 0 Å². The molecule has 7 N–H and O–H groups in total. The van der Waals surface area contributed by atoms with E-state index in [4.69, 9.17) is 14.9 Å². The number of rotatable bonds is 7. The quantitative estimate of drug-likeness (QED) is 0.254. The highest BCUT2D eigenvalue weighted by Gasteiger charge is 2.53. The molecule has 1 fully saturated rings. The first-order valence-electron chi connectivity index (χ1n) is 7.24. The van der Waals surface area contributed by atoms with Crippen LogP contribution in [0.5, 0.6) is 0 Å². The van der Waals surface area contributed by atoms with Crippen LogP contribution in [-0.4, -0.2) is 85.4 Å². The summed E-state index contributed by atoms with van der Waals surface area (Å²) in [6.07, 6.45) is -6.84. The number of hydrogen-bond donors (Lipinski definition) is 7. The summed E-state index contributed by atoms with van der Waals surface area (Å²) in [7, 11) is 0. The van der Waals surface area contributed by atoms with Crippen molar-refractivity contribution in [3.8, 4) is 0 Å². The normalized spacial score (nSPS) is 33.7. The van der Waals surface area contributed by atoms with Gasteiger partial charge in [-0.25, -0.2) is 4.79 Å². The van der Waals surface area contributed by atoms with E-state index in [2.05, 4.69) is 5.32 Å². The van der Waals surface area contributed by atoms with Gasteiger partial charge in [-0.1, -0.05) is 6.92 Å². The third-order valence-corrected chi connectivity index (χ3v) is 3.64. The Morgan fingerprint density at radius 3 is 2.48 bits per heavy atom. The number of hydrogen-bond acceptors (Lipinski definition) is 8. The first-order valence-corrected chi connectivity index (χ1v) is 7.24. The van der Waals surface area contributed by atoms with Gasteiger partial charge in [0.15, 0.2) is 0 Å². The number of carboxylic acids is 1. The predicted octanol–water partition coefficient (Wildman–Crippen LogP) is -3.09. The first-order chi connectivity index (χ1) is 10.7. The molecule has 0 spiro atoms. The highest BCUT2D eigenvalue weighted by Crippen LogP contribution is 2.30. The Kier molecular flexibility index (Phi) is 6.86. The highest BCUT2D eigenvalue weighted by molar-refractivity contribution is 5.77. The number of carbonyl (C=O) groups is 2. The van der Waals surface area contributed by atoms with Gasteiger partial charge in [-0.2, -0.15) is 0 Å². The summed E-state index contributed by atoms with van der Waals surface area (Å²) in [6, 6.07) is -1.26. The molecule has 6 unspecified atom stereocenters. The zero-order chi connectivity index (χ0) is 17.8. The maximum Gasteiger partial charge on any atom is 0.364 e. The van der Waals surface area contributed by atoms with Crippen LogP contribution < -0.4 is 5.32 Å². The zero-order valence-corrected chi connectivity index (χ0v) is 12.6. The van der Waals surface area contributed by atoms with E-state index >= 15 is 0 Å². The van der Waals surface area contributed by atoms with E-state index in [1.54, 1.807) is 6.92 Å². The summed E-state index contributed by atoms with van der Waals surface area (Å²) in [6.45, 7) is 0.886. The molecule has 1 heterocycles. The average molecular weight is 337 g/mol. The summed E-state index contributed by atoms with van der Waals surface area (Å²) >= 11 is 0. The van der Waals surface area contributed by atoms with E-state index in [1.165, 1.54) is 0 Å². The minimum Gasteiger partial charge on any atom is -0.477 e. The van der Waals surface area contributed by atoms with E-state index in [1.807, 2.05) is 0 Å². The molecule has 0 bridgehead atoms. The van der Waals surface area contributed by atoms with Crippen molar-refractivity contribution in [3.05, 3.63) is 0 Å². The van der Waals surface area contributed by atoms with Crippen LogP contribution in [0.15, 0.2) is 0 Å². The summed E-state index contributed by atoms with van der Waals surface area (Å²) in [5, 5.41) is 59.8. The molecule has 1 saturated heterocycles. The molecule has 0 radical (unpaired) electrons. The monoisotopic (exact) mass is 337 g/mol. The molecule has 1 rings (SSSR count). The maximum atomic E-state index is 11.7. The van der Waals surface area contributed by atoms with E-state index in [-0.39, 0.29) is 6.42 Å². The molecule has 1 aliphatic heterocycles. The fourth-order valence-corrected chi connectivity index (χ4v) is 2.39. The lowest BCUT2D eigenvalue weighted by atomic mass is 9.88. The molecule has 134 valence electrons. The summed E-state index contributed by atoms with van der Waals surface area (Å²) in [4.78, 5) is 22.8. The molecule has 1 amide bonds. The summed E-state index contributed by atoms with van der Waals surface area (Å²) in [5.74, 6) is -5.05. The molecule has 23 heavy (non-hydrogen) atoms. The Balaban J connectivity index is 3.04. The van der Waals surface area contributed by atoms with Crippen molar-refractivity contribution in [3.63, 3.8) is 0 Å². The summed E-state index contributed by atoms with van der Waals surface area (Å²) < 4.78 is 4.94. The van der Waals surface area contributed by atoms with Gasteiger partial charge in [-0.05, 0) is 6.42 Å². The lowest BCUT2D eigenvalue weighted by molar-refractivity contribution is -0.295. The smallest absolute Gasteiger partial charge is 0.364 e.